The van der Waals surface area contributed by atoms with Crippen molar-refractivity contribution in [1.82, 2.24) is 4.90 Å². The van der Waals surface area contributed by atoms with Crippen LogP contribution in [0.5, 0.6) is 11.5 Å². The van der Waals surface area contributed by atoms with Crippen molar-refractivity contribution in [3.63, 3.8) is 0 Å². The molecule has 2 aliphatic rings. The van der Waals surface area contributed by atoms with Gasteiger partial charge in [0.05, 0.1) is 6.54 Å². The van der Waals surface area contributed by atoms with Crippen LogP contribution in [0.2, 0.25) is 0 Å². The summed E-state index contributed by atoms with van der Waals surface area (Å²) < 4.78 is 11.0. The van der Waals surface area contributed by atoms with Crippen LogP contribution < -0.4 is 14.8 Å². The standard InChI is InChI=1S/C14H18N2O3/c17-14(16-5-1-2-6-16)10-15-11-3-4-12-13(9-11)19-8-7-18-12/h3-4,9,15H,1-2,5-8,10H2. The van der Waals surface area contributed by atoms with Gasteiger partial charge in [0, 0.05) is 24.8 Å². The van der Waals surface area contributed by atoms with E-state index >= 15 is 0 Å². The summed E-state index contributed by atoms with van der Waals surface area (Å²) in [6, 6.07) is 5.66. The summed E-state index contributed by atoms with van der Waals surface area (Å²) in [5, 5.41) is 3.14. The minimum absolute atomic E-state index is 0.160. The van der Waals surface area contributed by atoms with Crippen LogP contribution in [0.1, 0.15) is 12.8 Å². The van der Waals surface area contributed by atoms with Crippen molar-refractivity contribution in [3.8, 4) is 11.5 Å². The van der Waals surface area contributed by atoms with Gasteiger partial charge in [-0.3, -0.25) is 4.79 Å². The Morgan fingerprint density at radius 3 is 2.68 bits per heavy atom. The van der Waals surface area contributed by atoms with E-state index < -0.39 is 0 Å². The maximum Gasteiger partial charge on any atom is 0.241 e. The summed E-state index contributed by atoms with van der Waals surface area (Å²) in [6.45, 7) is 3.28. The molecule has 0 aromatic heterocycles. The minimum atomic E-state index is 0.160. The molecule has 1 aromatic rings. The Kier molecular flexibility index (Phi) is 3.44. The van der Waals surface area contributed by atoms with Crippen molar-refractivity contribution in [2.75, 3.05) is 38.2 Å². The third-order valence-electron chi connectivity index (χ3n) is 3.44. The predicted molar refractivity (Wildman–Crippen MR) is 71.7 cm³/mol. The van der Waals surface area contributed by atoms with E-state index in [1.807, 2.05) is 23.1 Å². The lowest BCUT2D eigenvalue weighted by atomic mass is 10.2. The quantitative estimate of drug-likeness (QED) is 0.896. The number of carbonyl (C=O) groups excluding carboxylic acids is 1. The molecular weight excluding hydrogens is 244 g/mol. The summed E-state index contributed by atoms with van der Waals surface area (Å²) in [4.78, 5) is 13.8. The average Bonchev–Trinajstić information content (AvgIpc) is 2.99. The van der Waals surface area contributed by atoms with E-state index in [-0.39, 0.29) is 5.91 Å². The van der Waals surface area contributed by atoms with Gasteiger partial charge in [0.2, 0.25) is 5.91 Å². The highest BCUT2D eigenvalue weighted by atomic mass is 16.6. The maximum absolute atomic E-state index is 11.9. The van der Waals surface area contributed by atoms with Crippen molar-refractivity contribution in [2.45, 2.75) is 12.8 Å². The van der Waals surface area contributed by atoms with Crippen LogP contribution in [0.15, 0.2) is 18.2 Å². The number of fused-ring (bicyclic) bond motifs is 1. The molecule has 1 N–H and O–H groups in total. The number of hydrogen-bond donors (Lipinski definition) is 1. The van der Waals surface area contributed by atoms with Gasteiger partial charge in [-0.15, -0.1) is 0 Å². The first-order chi connectivity index (χ1) is 9.33. The van der Waals surface area contributed by atoms with Crippen LogP contribution in [0, 0.1) is 0 Å². The molecule has 1 aromatic carbocycles. The van der Waals surface area contributed by atoms with Crippen LogP contribution in [0.25, 0.3) is 0 Å². The largest absolute Gasteiger partial charge is 0.486 e. The first-order valence-corrected chi connectivity index (χ1v) is 6.74. The molecule has 0 saturated carbocycles. The second-order valence-electron chi connectivity index (χ2n) is 4.80. The van der Waals surface area contributed by atoms with Gasteiger partial charge >= 0.3 is 0 Å². The second-order valence-corrected chi connectivity index (χ2v) is 4.80. The van der Waals surface area contributed by atoms with Gasteiger partial charge in [0.15, 0.2) is 11.5 Å². The first kappa shape index (κ1) is 12.1. The second kappa shape index (κ2) is 5.38. The highest BCUT2D eigenvalue weighted by molar-refractivity contribution is 5.81. The molecule has 102 valence electrons. The minimum Gasteiger partial charge on any atom is -0.486 e. The molecule has 2 heterocycles. The lowest BCUT2D eigenvalue weighted by molar-refractivity contribution is -0.128. The summed E-state index contributed by atoms with van der Waals surface area (Å²) in [7, 11) is 0. The normalized spacial score (nSPS) is 17.4. The summed E-state index contributed by atoms with van der Waals surface area (Å²) in [5.74, 6) is 1.67. The number of carbonyl (C=O) groups is 1. The lowest BCUT2D eigenvalue weighted by Gasteiger charge is -2.20. The third kappa shape index (κ3) is 2.75. The zero-order valence-electron chi connectivity index (χ0n) is 10.9. The van der Waals surface area contributed by atoms with Gasteiger partial charge in [-0.05, 0) is 25.0 Å². The topological polar surface area (TPSA) is 50.8 Å². The van der Waals surface area contributed by atoms with Crippen molar-refractivity contribution in [1.29, 1.82) is 0 Å². The SMILES string of the molecule is O=C(CNc1ccc2c(c1)OCCO2)N1CCCC1. The Morgan fingerprint density at radius 1 is 1.16 bits per heavy atom. The number of ether oxygens (including phenoxy) is 2. The number of nitrogens with one attached hydrogen (secondary N) is 1. The molecular formula is C14H18N2O3. The van der Waals surface area contributed by atoms with Crippen molar-refractivity contribution < 1.29 is 14.3 Å². The molecule has 0 radical (unpaired) electrons. The monoisotopic (exact) mass is 262 g/mol. The Balaban J connectivity index is 1.59. The predicted octanol–water partition coefficient (Wildman–Crippen LogP) is 1.49. The average molecular weight is 262 g/mol. The molecule has 3 rings (SSSR count). The molecule has 0 unspecified atom stereocenters. The van der Waals surface area contributed by atoms with Crippen molar-refractivity contribution >= 4 is 11.6 Å². The number of hydrogen-bond acceptors (Lipinski definition) is 4. The molecule has 0 atom stereocenters. The van der Waals surface area contributed by atoms with E-state index in [9.17, 15) is 4.79 Å². The molecule has 1 amide bonds. The van der Waals surface area contributed by atoms with Crippen molar-refractivity contribution in [3.05, 3.63) is 18.2 Å². The van der Waals surface area contributed by atoms with E-state index in [1.165, 1.54) is 0 Å². The van der Waals surface area contributed by atoms with E-state index in [0.717, 1.165) is 43.1 Å². The van der Waals surface area contributed by atoms with E-state index in [2.05, 4.69) is 5.32 Å². The summed E-state index contributed by atoms with van der Waals surface area (Å²) >= 11 is 0. The van der Waals surface area contributed by atoms with E-state index in [0.29, 0.717) is 19.8 Å². The van der Waals surface area contributed by atoms with Crippen LogP contribution in [-0.4, -0.2) is 43.7 Å². The number of nitrogens with zero attached hydrogens (tertiary/aromatic N) is 1. The highest BCUT2D eigenvalue weighted by Crippen LogP contribution is 2.32. The molecule has 19 heavy (non-hydrogen) atoms. The van der Waals surface area contributed by atoms with Gasteiger partial charge < -0.3 is 19.7 Å². The Bertz CT molecular complexity index is 470. The first-order valence-electron chi connectivity index (χ1n) is 6.74. The van der Waals surface area contributed by atoms with Gasteiger partial charge in [-0.25, -0.2) is 0 Å². The maximum atomic E-state index is 11.9. The molecule has 0 spiro atoms. The fourth-order valence-corrected chi connectivity index (χ4v) is 2.41. The number of amides is 1. The van der Waals surface area contributed by atoms with Gasteiger partial charge in [0.25, 0.3) is 0 Å². The lowest BCUT2D eigenvalue weighted by Crippen LogP contribution is -2.32. The molecule has 0 bridgehead atoms. The van der Waals surface area contributed by atoms with Crippen LogP contribution in [0.4, 0.5) is 5.69 Å². The number of anilines is 1. The van der Waals surface area contributed by atoms with Crippen molar-refractivity contribution in [2.24, 2.45) is 0 Å². The van der Waals surface area contributed by atoms with Crippen LogP contribution in [0.3, 0.4) is 0 Å². The Morgan fingerprint density at radius 2 is 1.89 bits per heavy atom. The van der Waals surface area contributed by atoms with Gasteiger partial charge in [0.1, 0.15) is 13.2 Å². The Hall–Kier alpha value is -1.91. The smallest absolute Gasteiger partial charge is 0.241 e. The molecule has 1 saturated heterocycles. The van der Waals surface area contributed by atoms with E-state index in [1.54, 1.807) is 0 Å². The fraction of sp³-hybridized carbons (Fsp3) is 0.500. The molecule has 5 heteroatoms. The zero-order valence-corrected chi connectivity index (χ0v) is 10.9. The molecule has 2 aliphatic heterocycles. The van der Waals surface area contributed by atoms with Gasteiger partial charge in [-0.2, -0.15) is 0 Å². The molecule has 0 aliphatic carbocycles. The van der Waals surface area contributed by atoms with Crippen LogP contribution >= 0.6 is 0 Å². The third-order valence-corrected chi connectivity index (χ3v) is 3.44. The molecule has 1 fully saturated rings. The van der Waals surface area contributed by atoms with E-state index in [4.69, 9.17) is 9.47 Å². The number of rotatable bonds is 3. The Labute approximate surface area is 112 Å². The zero-order chi connectivity index (χ0) is 13.1. The van der Waals surface area contributed by atoms with Gasteiger partial charge in [-0.1, -0.05) is 0 Å². The van der Waals surface area contributed by atoms with Crippen LogP contribution in [-0.2, 0) is 4.79 Å². The number of benzene rings is 1. The summed E-state index contributed by atoms with van der Waals surface area (Å²) in [6.07, 6.45) is 2.24. The highest BCUT2D eigenvalue weighted by Gasteiger charge is 2.17. The summed E-state index contributed by atoms with van der Waals surface area (Å²) in [5.41, 5.74) is 0.886. The number of likely N-dealkylation sites (tertiary alicyclic amines) is 1. The molecule has 5 nitrogen and oxygen atoms in total. The fourth-order valence-electron chi connectivity index (χ4n) is 2.41.